The predicted octanol–water partition coefficient (Wildman–Crippen LogP) is 2.70. The van der Waals surface area contributed by atoms with E-state index in [1.807, 2.05) is 20.8 Å². The zero-order valence-corrected chi connectivity index (χ0v) is 11.6. The predicted molar refractivity (Wildman–Crippen MR) is 70.5 cm³/mol. The lowest BCUT2D eigenvalue weighted by atomic mass is 9.74. The standard InChI is InChI=1S/C15H20O4/c1-8(2)10-4-5-11-9(3)15(18)19-14(11)12(10)6-7-13(16)17/h6,9,11,14H,4-5,7H2,1-3H3,(H,16,17)/b12-6+/t9-,11-,14-/m0/s1. The SMILES string of the molecule is CC(C)=C1CC[C@H]2[C@H](C)C(=O)O[C@@H]2/C1=C/CC(=O)O. The lowest BCUT2D eigenvalue weighted by Crippen LogP contribution is -2.28. The topological polar surface area (TPSA) is 63.6 Å². The number of aliphatic carboxylic acids is 1. The van der Waals surface area contributed by atoms with Crippen LogP contribution in [-0.2, 0) is 14.3 Å². The van der Waals surface area contributed by atoms with Crippen LogP contribution in [0.5, 0.6) is 0 Å². The van der Waals surface area contributed by atoms with E-state index in [4.69, 9.17) is 9.84 Å². The summed E-state index contributed by atoms with van der Waals surface area (Å²) in [4.78, 5) is 22.5. The molecule has 2 rings (SSSR count). The van der Waals surface area contributed by atoms with Gasteiger partial charge in [0.1, 0.15) is 6.10 Å². The van der Waals surface area contributed by atoms with Crippen molar-refractivity contribution in [3.8, 4) is 0 Å². The van der Waals surface area contributed by atoms with Gasteiger partial charge in [-0.2, -0.15) is 0 Å². The summed E-state index contributed by atoms with van der Waals surface area (Å²) >= 11 is 0. The average molecular weight is 264 g/mol. The van der Waals surface area contributed by atoms with Gasteiger partial charge in [-0.1, -0.05) is 18.6 Å². The second kappa shape index (κ2) is 5.19. The van der Waals surface area contributed by atoms with Crippen molar-refractivity contribution in [2.75, 3.05) is 0 Å². The van der Waals surface area contributed by atoms with E-state index in [0.29, 0.717) is 0 Å². The molecule has 19 heavy (non-hydrogen) atoms. The van der Waals surface area contributed by atoms with Gasteiger partial charge in [0.15, 0.2) is 0 Å². The average Bonchev–Trinajstić information content (AvgIpc) is 2.62. The van der Waals surface area contributed by atoms with Gasteiger partial charge in [-0.25, -0.2) is 0 Å². The van der Waals surface area contributed by atoms with Gasteiger partial charge in [0, 0.05) is 5.92 Å². The second-order valence-corrected chi connectivity index (χ2v) is 5.58. The zero-order chi connectivity index (χ0) is 14.2. The van der Waals surface area contributed by atoms with Crippen molar-refractivity contribution in [1.82, 2.24) is 0 Å². The zero-order valence-electron chi connectivity index (χ0n) is 11.6. The molecule has 0 spiro atoms. The van der Waals surface area contributed by atoms with Gasteiger partial charge < -0.3 is 9.84 Å². The van der Waals surface area contributed by atoms with Gasteiger partial charge in [0.05, 0.1) is 12.3 Å². The maximum absolute atomic E-state index is 11.7. The Balaban J connectivity index is 2.36. The van der Waals surface area contributed by atoms with Crippen molar-refractivity contribution in [3.05, 3.63) is 22.8 Å². The molecule has 1 aliphatic carbocycles. The highest BCUT2D eigenvalue weighted by Gasteiger charge is 2.46. The second-order valence-electron chi connectivity index (χ2n) is 5.58. The third-order valence-electron chi connectivity index (χ3n) is 4.13. The molecular formula is C15H20O4. The molecule has 0 amide bonds. The van der Waals surface area contributed by atoms with Crippen LogP contribution in [0.3, 0.4) is 0 Å². The van der Waals surface area contributed by atoms with E-state index in [2.05, 4.69) is 0 Å². The van der Waals surface area contributed by atoms with Crippen molar-refractivity contribution < 1.29 is 19.4 Å². The highest BCUT2D eigenvalue weighted by atomic mass is 16.6. The molecule has 1 saturated heterocycles. The number of rotatable bonds is 2. The van der Waals surface area contributed by atoms with E-state index in [-0.39, 0.29) is 30.3 Å². The Hall–Kier alpha value is -1.58. The van der Waals surface area contributed by atoms with Gasteiger partial charge in [0.25, 0.3) is 0 Å². The van der Waals surface area contributed by atoms with Gasteiger partial charge in [-0.05, 0) is 37.8 Å². The van der Waals surface area contributed by atoms with Crippen LogP contribution >= 0.6 is 0 Å². The fraction of sp³-hybridized carbons (Fsp3) is 0.600. The lowest BCUT2D eigenvalue weighted by molar-refractivity contribution is -0.142. The number of allylic oxidation sites excluding steroid dienone is 1. The molecule has 4 nitrogen and oxygen atoms in total. The number of carbonyl (C=O) groups excluding carboxylic acids is 1. The summed E-state index contributed by atoms with van der Waals surface area (Å²) in [6, 6.07) is 0. The van der Waals surface area contributed by atoms with Crippen LogP contribution in [0.1, 0.15) is 40.0 Å². The molecule has 1 aliphatic heterocycles. The first-order valence-electron chi connectivity index (χ1n) is 6.71. The summed E-state index contributed by atoms with van der Waals surface area (Å²) in [5.74, 6) is -0.918. The Morgan fingerprint density at radius 3 is 2.74 bits per heavy atom. The summed E-state index contributed by atoms with van der Waals surface area (Å²) in [5.41, 5.74) is 3.24. The molecular weight excluding hydrogens is 244 g/mol. The van der Waals surface area contributed by atoms with Gasteiger partial charge in [-0.3, -0.25) is 9.59 Å². The molecule has 3 atom stereocenters. The van der Waals surface area contributed by atoms with Crippen molar-refractivity contribution in [1.29, 1.82) is 0 Å². The molecule has 1 heterocycles. The molecule has 0 radical (unpaired) electrons. The van der Waals surface area contributed by atoms with Crippen molar-refractivity contribution in [2.24, 2.45) is 11.8 Å². The third-order valence-corrected chi connectivity index (χ3v) is 4.13. The Morgan fingerprint density at radius 2 is 2.16 bits per heavy atom. The Labute approximate surface area is 113 Å². The number of esters is 1. The first kappa shape index (κ1) is 13.8. The largest absolute Gasteiger partial charge is 0.481 e. The van der Waals surface area contributed by atoms with Crippen LogP contribution in [-0.4, -0.2) is 23.1 Å². The first-order chi connectivity index (χ1) is 8.91. The molecule has 1 saturated carbocycles. The minimum absolute atomic E-state index is 0.0265. The van der Waals surface area contributed by atoms with E-state index in [9.17, 15) is 9.59 Å². The Bertz CT molecular complexity index is 469. The molecule has 0 unspecified atom stereocenters. The molecule has 0 aromatic carbocycles. The van der Waals surface area contributed by atoms with Crippen LogP contribution in [0.15, 0.2) is 22.8 Å². The number of hydrogen-bond acceptors (Lipinski definition) is 3. The van der Waals surface area contributed by atoms with Crippen molar-refractivity contribution in [2.45, 2.75) is 46.1 Å². The normalized spacial score (nSPS) is 32.2. The fourth-order valence-corrected chi connectivity index (χ4v) is 3.05. The molecule has 4 heteroatoms. The van der Waals surface area contributed by atoms with Gasteiger partial charge in [0.2, 0.25) is 0 Å². The summed E-state index contributed by atoms with van der Waals surface area (Å²) < 4.78 is 5.47. The van der Waals surface area contributed by atoms with Crippen molar-refractivity contribution >= 4 is 11.9 Å². The molecule has 1 N–H and O–H groups in total. The first-order valence-corrected chi connectivity index (χ1v) is 6.71. The van der Waals surface area contributed by atoms with Crippen LogP contribution in [0.25, 0.3) is 0 Å². The lowest BCUT2D eigenvalue weighted by Gasteiger charge is -2.30. The fourth-order valence-electron chi connectivity index (χ4n) is 3.05. The Kier molecular flexibility index (Phi) is 3.78. The smallest absolute Gasteiger partial charge is 0.309 e. The van der Waals surface area contributed by atoms with E-state index in [0.717, 1.165) is 24.0 Å². The highest BCUT2D eigenvalue weighted by molar-refractivity contribution is 5.76. The number of ether oxygens (including phenoxy) is 1. The molecule has 2 aliphatic rings. The van der Waals surface area contributed by atoms with Gasteiger partial charge >= 0.3 is 11.9 Å². The maximum atomic E-state index is 11.7. The molecule has 2 fully saturated rings. The summed E-state index contributed by atoms with van der Waals surface area (Å²) in [6.07, 6.45) is 3.27. The minimum atomic E-state index is -0.861. The summed E-state index contributed by atoms with van der Waals surface area (Å²) in [5, 5.41) is 8.85. The number of fused-ring (bicyclic) bond motifs is 1. The summed E-state index contributed by atoms with van der Waals surface area (Å²) in [6.45, 7) is 5.93. The minimum Gasteiger partial charge on any atom is -0.481 e. The molecule has 104 valence electrons. The van der Waals surface area contributed by atoms with E-state index in [1.54, 1.807) is 6.08 Å². The molecule has 0 aromatic heterocycles. The van der Waals surface area contributed by atoms with E-state index in [1.165, 1.54) is 5.57 Å². The molecule has 0 bridgehead atoms. The number of carboxylic acids is 1. The quantitative estimate of drug-likeness (QED) is 0.779. The summed E-state index contributed by atoms with van der Waals surface area (Å²) in [7, 11) is 0. The van der Waals surface area contributed by atoms with Gasteiger partial charge in [-0.15, -0.1) is 0 Å². The van der Waals surface area contributed by atoms with Crippen LogP contribution in [0, 0.1) is 11.8 Å². The van der Waals surface area contributed by atoms with E-state index >= 15 is 0 Å². The highest BCUT2D eigenvalue weighted by Crippen LogP contribution is 2.44. The number of carboxylic acid groups (broad SMARTS) is 1. The monoisotopic (exact) mass is 264 g/mol. The van der Waals surface area contributed by atoms with Crippen molar-refractivity contribution in [3.63, 3.8) is 0 Å². The number of carbonyl (C=O) groups is 2. The Morgan fingerprint density at radius 1 is 1.47 bits per heavy atom. The molecule has 0 aromatic rings. The third kappa shape index (κ3) is 2.57. The van der Waals surface area contributed by atoms with E-state index < -0.39 is 5.97 Å². The van der Waals surface area contributed by atoms with Crippen LogP contribution in [0.2, 0.25) is 0 Å². The number of hydrogen-bond donors (Lipinski definition) is 1. The maximum Gasteiger partial charge on any atom is 0.309 e. The van der Waals surface area contributed by atoms with Crippen LogP contribution < -0.4 is 0 Å². The van der Waals surface area contributed by atoms with Crippen LogP contribution in [0.4, 0.5) is 0 Å².